The van der Waals surface area contributed by atoms with Gasteiger partial charge < -0.3 is 16.2 Å². The Morgan fingerprint density at radius 3 is 3.00 bits per heavy atom. The number of thiophene rings is 1. The van der Waals surface area contributed by atoms with Crippen LogP contribution in [0.5, 0.6) is 0 Å². The second-order valence-electron chi connectivity index (χ2n) is 3.78. The molecule has 0 spiro atoms. The van der Waals surface area contributed by atoms with Crippen molar-refractivity contribution in [3.05, 3.63) is 22.4 Å². The molecule has 4 N–H and O–H groups in total. The van der Waals surface area contributed by atoms with Crippen LogP contribution in [0.15, 0.2) is 17.5 Å². The number of carbonyl (C=O) groups is 1. The predicted octanol–water partition coefficient (Wildman–Crippen LogP) is 1.03. The topological polar surface area (TPSA) is 75.3 Å². The second kappa shape index (κ2) is 6.62. The van der Waals surface area contributed by atoms with Gasteiger partial charge in [-0.2, -0.15) is 0 Å². The standard InChI is InChI=1S/C11H18N2O2S/c1-8(14)4-2-6-13-11(15)10(12)9-5-3-7-16-9/h3,5,7-8,10,14H,2,4,6,12H2,1H3,(H,13,15). The normalized spacial score (nSPS) is 14.4. The number of hydrogen-bond acceptors (Lipinski definition) is 4. The van der Waals surface area contributed by atoms with Crippen LogP contribution >= 0.6 is 11.3 Å². The molecule has 2 unspecified atom stereocenters. The van der Waals surface area contributed by atoms with Crippen molar-refractivity contribution in [3.63, 3.8) is 0 Å². The SMILES string of the molecule is CC(O)CCCNC(=O)C(N)c1cccs1. The van der Waals surface area contributed by atoms with Gasteiger partial charge in [0.2, 0.25) is 5.91 Å². The summed E-state index contributed by atoms with van der Waals surface area (Å²) < 4.78 is 0. The van der Waals surface area contributed by atoms with Gasteiger partial charge in [-0.3, -0.25) is 4.79 Å². The number of nitrogens with two attached hydrogens (primary N) is 1. The van der Waals surface area contributed by atoms with E-state index >= 15 is 0 Å². The van der Waals surface area contributed by atoms with Crippen molar-refractivity contribution in [3.8, 4) is 0 Å². The molecule has 1 aromatic heterocycles. The number of nitrogens with one attached hydrogen (secondary N) is 1. The Kier molecular flexibility index (Phi) is 5.45. The van der Waals surface area contributed by atoms with Gasteiger partial charge >= 0.3 is 0 Å². The zero-order valence-corrected chi connectivity index (χ0v) is 10.2. The highest BCUT2D eigenvalue weighted by molar-refractivity contribution is 7.10. The first-order valence-electron chi connectivity index (χ1n) is 5.36. The van der Waals surface area contributed by atoms with E-state index in [1.54, 1.807) is 6.92 Å². The Morgan fingerprint density at radius 2 is 2.44 bits per heavy atom. The fourth-order valence-corrected chi connectivity index (χ4v) is 2.04. The third-order valence-electron chi connectivity index (χ3n) is 2.23. The molecule has 4 nitrogen and oxygen atoms in total. The summed E-state index contributed by atoms with van der Waals surface area (Å²) >= 11 is 1.48. The molecule has 1 rings (SSSR count). The van der Waals surface area contributed by atoms with Gasteiger partial charge in [-0.15, -0.1) is 11.3 Å². The van der Waals surface area contributed by atoms with Crippen molar-refractivity contribution in [1.82, 2.24) is 5.32 Å². The van der Waals surface area contributed by atoms with Crippen LogP contribution in [-0.4, -0.2) is 23.7 Å². The lowest BCUT2D eigenvalue weighted by molar-refractivity contribution is -0.122. The molecular formula is C11H18N2O2S. The van der Waals surface area contributed by atoms with Crippen LogP contribution in [0.3, 0.4) is 0 Å². The minimum absolute atomic E-state index is 0.159. The van der Waals surface area contributed by atoms with Gasteiger partial charge in [0.25, 0.3) is 0 Å². The van der Waals surface area contributed by atoms with E-state index in [1.165, 1.54) is 11.3 Å². The molecule has 2 atom stereocenters. The maximum absolute atomic E-state index is 11.6. The summed E-state index contributed by atoms with van der Waals surface area (Å²) in [6.45, 7) is 2.29. The summed E-state index contributed by atoms with van der Waals surface area (Å²) in [6, 6.07) is 3.15. The van der Waals surface area contributed by atoms with Crippen molar-refractivity contribution in [1.29, 1.82) is 0 Å². The molecule has 0 fully saturated rings. The van der Waals surface area contributed by atoms with E-state index < -0.39 is 6.04 Å². The first-order valence-corrected chi connectivity index (χ1v) is 6.24. The Balaban J connectivity index is 2.25. The molecule has 0 bridgehead atoms. The minimum Gasteiger partial charge on any atom is -0.393 e. The van der Waals surface area contributed by atoms with Gasteiger partial charge in [0.1, 0.15) is 6.04 Å². The number of carbonyl (C=O) groups excluding carboxylic acids is 1. The maximum atomic E-state index is 11.6. The van der Waals surface area contributed by atoms with Gasteiger partial charge in [-0.1, -0.05) is 6.07 Å². The van der Waals surface area contributed by atoms with Crippen LogP contribution in [-0.2, 0) is 4.79 Å². The highest BCUT2D eigenvalue weighted by atomic mass is 32.1. The molecule has 16 heavy (non-hydrogen) atoms. The van der Waals surface area contributed by atoms with E-state index in [-0.39, 0.29) is 12.0 Å². The molecule has 0 aliphatic carbocycles. The summed E-state index contributed by atoms with van der Waals surface area (Å²) in [4.78, 5) is 12.5. The summed E-state index contributed by atoms with van der Waals surface area (Å²) in [7, 11) is 0. The van der Waals surface area contributed by atoms with Crippen molar-refractivity contribution >= 4 is 17.2 Å². The van der Waals surface area contributed by atoms with Gasteiger partial charge in [0.05, 0.1) is 6.10 Å². The quantitative estimate of drug-likeness (QED) is 0.652. The van der Waals surface area contributed by atoms with Crippen LogP contribution in [0.2, 0.25) is 0 Å². The van der Waals surface area contributed by atoms with Gasteiger partial charge in [0, 0.05) is 11.4 Å². The summed E-state index contributed by atoms with van der Waals surface area (Å²) in [5.41, 5.74) is 5.77. The van der Waals surface area contributed by atoms with Crippen LogP contribution in [0.1, 0.15) is 30.7 Å². The van der Waals surface area contributed by atoms with E-state index in [4.69, 9.17) is 10.8 Å². The highest BCUT2D eigenvalue weighted by Crippen LogP contribution is 2.16. The van der Waals surface area contributed by atoms with E-state index in [1.807, 2.05) is 17.5 Å². The molecule has 1 heterocycles. The summed E-state index contributed by atoms with van der Waals surface area (Å²) in [6.07, 6.45) is 1.14. The smallest absolute Gasteiger partial charge is 0.242 e. The van der Waals surface area contributed by atoms with Crippen molar-refractivity contribution in [2.24, 2.45) is 5.73 Å². The third-order valence-corrected chi connectivity index (χ3v) is 3.19. The maximum Gasteiger partial charge on any atom is 0.242 e. The molecule has 0 saturated carbocycles. The van der Waals surface area contributed by atoms with Crippen LogP contribution in [0, 0.1) is 0 Å². The van der Waals surface area contributed by atoms with Crippen molar-refractivity contribution < 1.29 is 9.90 Å². The molecule has 0 aliphatic rings. The largest absolute Gasteiger partial charge is 0.393 e. The predicted molar refractivity (Wildman–Crippen MR) is 65.2 cm³/mol. The average molecular weight is 242 g/mol. The van der Waals surface area contributed by atoms with E-state index in [0.717, 1.165) is 11.3 Å². The summed E-state index contributed by atoms with van der Waals surface area (Å²) in [5.74, 6) is -0.159. The minimum atomic E-state index is -0.577. The van der Waals surface area contributed by atoms with Crippen LogP contribution < -0.4 is 11.1 Å². The molecule has 0 saturated heterocycles. The Hall–Kier alpha value is -0.910. The average Bonchev–Trinajstić information content (AvgIpc) is 2.76. The Bertz CT molecular complexity index is 312. The Morgan fingerprint density at radius 1 is 1.69 bits per heavy atom. The summed E-state index contributed by atoms with van der Waals surface area (Å²) in [5, 5.41) is 13.7. The lowest BCUT2D eigenvalue weighted by Gasteiger charge is -2.11. The zero-order chi connectivity index (χ0) is 12.0. The van der Waals surface area contributed by atoms with Crippen LogP contribution in [0.4, 0.5) is 0 Å². The van der Waals surface area contributed by atoms with Crippen LogP contribution in [0.25, 0.3) is 0 Å². The lowest BCUT2D eigenvalue weighted by atomic mass is 10.2. The fourth-order valence-electron chi connectivity index (χ4n) is 1.32. The van der Waals surface area contributed by atoms with E-state index in [9.17, 15) is 4.79 Å². The van der Waals surface area contributed by atoms with Crippen molar-refractivity contribution in [2.45, 2.75) is 31.9 Å². The molecule has 1 amide bonds. The van der Waals surface area contributed by atoms with Crippen molar-refractivity contribution in [2.75, 3.05) is 6.54 Å². The number of rotatable bonds is 6. The van der Waals surface area contributed by atoms with E-state index in [0.29, 0.717) is 13.0 Å². The molecule has 0 radical (unpaired) electrons. The first-order chi connectivity index (χ1) is 7.61. The fraction of sp³-hybridized carbons (Fsp3) is 0.545. The molecular weight excluding hydrogens is 224 g/mol. The molecule has 0 aromatic carbocycles. The number of aliphatic hydroxyl groups excluding tert-OH is 1. The van der Waals surface area contributed by atoms with Gasteiger partial charge in [-0.05, 0) is 31.2 Å². The second-order valence-corrected chi connectivity index (χ2v) is 4.75. The number of aliphatic hydroxyl groups is 1. The molecule has 90 valence electrons. The lowest BCUT2D eigenvalue weighted by Crippen LogP contribution is -2.34. The van der Waals surface area contributed by atoms with Gasteiger partial charge in [0.15, 0.2) is 0 Å². The molecule has 5 heteroatoms. The Labute approximate surface area is 99.5 Å². The molecule has 1 aromatic rings. The monoisotopic (exact) mass is 242 g/mol. The third kappa shape index (κ3) is 4.30. The number of hydrogen-bond donors (Lipinski definition) is 3. The van der Waals surface area contributed by atoms with Gasteiger partial charge in [-0.25, -0.2) is 0 Å². The number of amides is 1. The molecule has 0 aliphatic heterocycles. The highest BCUT2D eigenvalue weighted by Gasteiger charge is 2.15. The zero-order valence-electron chi connectivity index (χ0n) is 9.35. The van der Waals surface area contributed by atoms with E-state index in [2.05, 4.69) is 5.32 Å². The first kappa shape index (κ1) is 13.2.